The second-order valence-electron chi connectivity index (χ2n) is 2.04. The predicted molar refractivity (Wildman–Crippen MR) is 43.6 cm³/mol. The van der Waals surface area contributed by atoms with Crippen LogP contribution in [0.5, 0.6) is 0 Å². The highest BCUT2D eigenvalue weighted by Gasteiger charge is 2.31. The summed E-state index contributed by atoms with van der Waals surface area (Å²) in [5.74, 6) is -1.19. The van der Waals surface area contributed by atoms with Crippen molar-refractivity contribution in [2.24, 2.45) is 0 Å². The molecule has 0 aliphatic carbocycles. The van der Waals surface area contributed by atoms with Crippen LogP contribution in [-0.4, -0.2) is 24.2 Å². The summed E-state index contributed by atoms with van der Waals surface area (Å²) in [7, 11) is 1.46. The Kier molecular flexibility index (Phi) is 4.46. The fraction of sp³-hybridized carbons (Fsp3) is 0.600. The third-order valence-electron chi connectivity index (χ3n) is 0.904. The van der Waals surface area contributed by atoms with E-state index in [2.05, 4.69) is 23.0 Å². The van der Waals surface area contributed by atoms with Crippen molar-refractivity contribution in [2.45, 2.75) is 12.6 Å². The third kappa shape index (κ3) is 7.32. The monoisotopic (exact) mass is 215 g/mol. The molecule has 1 amide bonds. The lowest BCUT2D eigenvalue weighted by Gasteiger charge is -2.09. The van der Waals surface area contributed by atoms with Crippen LogP contribution < -0.4 is 16.2 Å². The number of carbonyl (C=O) groups is 1. The number of hydrazine groups is 1. The van der Waals surface area contributed by atoms with Crippen LogP contribution in [0.4, 0.5) is 13.2 Å². The lowest BCUT2D eigenvalue weighted by atomic mass is 10.4. The van der Waals surface area contributed by atoms with Crippen LogP contribution >= 0.6 is 12.2 Å². The van der Waals surface area contributed by atoms with Gasteiger partial charge in [-0.1, -0.05) is 0 Å². The summed E-state index contributed by atoms with van der Waals surface area (Å²) in [5.41, 5.74) is 3.85. The van der Waals surface area contributed by atoms with Gasteiger partial charge in [0, 0.05) is 7.05 Å². The highest BCUT2D eigenvalue weighted by molar-refractivity contribution is 7.80. The molecule has 0 aromatic rings. The average Bonchev–Trinajstić information content (AvgIpc) is 1.97. The molecule has 3 N–H and O–H groups in total. The van der Waals surface area contributed by atoms with Gasteiger partial charge in [-0.2, -0.15) is 13.2 Å². The summed E-state index contributed by atoms with van der Waals surface area (Å²) >= 11 is 4.50. The molecule has 0 aromatic carbocycles. The number of hydrogen-bond acceptors (Lipinski definition) is 2. The van der Waals surface area contributed by atoms with Gasteiger partial charge in [0.25, 0.3) is 0 Å². The number of hydrogen-bond donors (Lipinski definition) is 3. The summed E-state index contributed by atoms with van der Waals surface area (Å²) < 4.78 is 34.7. The molecule has 0 atom stereocenters. The summed E-state index contributed by atoms with van der Waals surface area (Å²) in [4.78, 5) is 10.5. The third-order valence-corrected chi connectivity index (χ3v) is 1.21. The van der Waals surface area contributed by atoms with Gasteiger partial charge in [0.1, 0.15) is 6.42 Å². The largest absolute Gasteiger partial charge is 0.397 e. The molecular weight excluding hydrogens is 207 g/mol. The molecule has 0 saturated heterocycles. The van der Waals surface area contributed by atoms with Gasteiger partial charge in [-0.15, -0.1) is 0 Å². The number of amides is 1. The molecule has 4 nitrogen and oxygen atoms in total. The summed E-state index contributed by atoms with van der Waals surface area (Å²) in [5, 5.41) is 2.45. The number of thiocarbonyl (C=S) groups is 1. The average molecular weight is 215 g/mol. The number of halogens is 3. The maximum Gasteiger partial charge on any atom is 0.397 e. The van der Waals surface area contributed by atoms with Crippen molar-refractivity contribution in [3.8, 4) is 0 Å². The first-order chi connectivity index (χ1) is 5.85. The van der Waals surface area contributed by atoms with Gasteiger partial charge in [0.2, 0.25) is 5.91 Å². The number of rotatable bonds is 1. The minimum atomic E-state index is -4.51. The molecule has 0 spiro atoms. The highest BCUT2D eigenvalue weighted by atomic mass is 32.1. The van der Waals surface area contributed by atoms with E-state index in [1.165, 1.54) is 7.05 Å². The summed E-state index contributed by atoms with van der Waals surface area (Å²) in [6.07, 6.45) is -6.04. The van der Waals surface area contributed by atoms with E-state index in [4.69, 9.17) is 0 Å². The molecule has 8 heteroatoms. The van der Waals surface area contributed by atoms with Crippen molar-refractivity contribution in [1.29, 1.82) is 0 Å². The van der Waals surface area contributed by atoms with Crippen LogP contribution in [0.15, 0.2) is 0 Å². The van der Waals surface area contributed by atoms with Crippen molar-refractivity contribution >= 4 is 23.2 Å². The van der Waals surface area contributed by atoms with Crippen molar-refractivity contribution < 1.29 is 18.0 Å². The number of carbonyl (C=O) groups excluding carboxylic acids is 1. The van der Waals surface area contributed by atoms with Crippen LogP contribution in [0.1, 0.15) is 6.42 Å². The Balaban J connectivity index is 3.71. The van der Waals surface area contributed by atoms with Gasteiger partial charge in [-0.25, -0.2) is 0 Å². The quantitative estimate of drug-likeness (QED) is 0.428. The van der Waals surface area contributed by atoms with Gasteiger partial charge in [-0.3, -0.25) is 15.6 Å². The van der Waals surface area contributed by atoms with Crippen LogP contribution in [0.2, 0.25) is 0 Å². The number of nitrogens with one attached hydrogen (secondary N) is 3. The van der Waals surface area contributed by atoms with E-state index in [9.17, 15) is 18.0 Å². The molecule has 76 valence electrons. The first-order valence-electron chi connectivity index (χ1n) is 3.18. The van der Waals surface area contributed by atoms with Gasteiger partial charge >= 0.3 is 6.18 Å². The summed E-state index contributed by atoms with van der Waals surface area (Å²) in [6, 6.07) is 0. The molecule has 0 radical (unpaired) electrons. The molecule has 0 heterocycles. The topological polar surface area (TPSA) is 53.2 Å². The predicted octanol–water partition coefficient (Wildman–Crippen LogP) is 0.0639. The zero-order chi connectivity index (χ0) is 10.5. The second-order valence-corrected chi connectivity index (χ2v) is 2.45. The minimum Gasteiger partial charge on any atom is -0.364 e. The zero-order valence-electron chi connectivity index (χ0n) is 6.66. The first-order valence-corrected chi connectivity index (χ1v) is 3.59. The molecule has 0 fully saturated rings. The molecule has 0 saturated carbocycles. The molecule has 0 aliphatic heterocycles. The van der Waals surface area contributed by atoms with Crippen molar-refractivity contribution in [3.05, 3.63) is 0 Å². The Labute approximate surface area is 77.8 Å². The van der Waals surface area contributed by atoms with E-state index in [0.717, 1.165) is 0 Å². The van der Waals surface area contributed by atoms with Crippen LogP contribution in [0, 0.1) is 0 Å². The van der Waals surface area contributed by atoms with Crippen LogP contribution in [-0.2, 0) is 4.79 Å². The Morgan fingerprint density at radius 3 is 2.31 bits per heavy atom. The smallest absolute Gasteiger partial charge is 0.364 e. The minimum absolute atomic E-state index is 0.0375. The Bertz CT molecular complexity index is 206. The second kappa shape index (κ2) is 4.85. The van der Waals surface area contributed by atoms with Gasteiger partial charge < -0.3 is 5.32 Å². The Hall–Kier alpha value is -1.05. The fourth-order valence-electron chi connectivity index (χ4n) is 0.415. The van der Waals surface area contributed by atoms with Crippen LogP contribution in [0.25, 0.3) is 0 Å². The van der Waals surface area contributed by atoms with E-state index in [1.54, 1.807) is 5.43 Å². The van der Waals surface area contributed by atoms with E-state index < -0.39 is 18.5 Å². The van der Waals surface area contributed by atoms with Gasteiger partial charge in [0.05, 0.1) is 0 Å². The molecular formula is C5H8F3N3OS. The normalized spacial score (nSPS) is 10.5. The lowest BCUT2D eigenvalue weighted by Crippen LogP contribution is -2.46. The Morgan fingerprint density at radius 2 is 1.92 bits per heavy atom. The molecule has 0 aliphatic rings. The van der Waals surface area contributed by atoms with Crippen molar-refractivity contribution in [3.63, 3.8) is 0 Å². The van der Waals surface area contributed by atoms with E-state index in [1.807, 2.05) is 0 Å². The number of alkyl halides is 3. The SMILES string of the molecule is CNC(=S)NNC(=O)CC(F)(F)F. The zero-order valence-corrected chi connectivity index (χ0v) is 7.47. The molecule has 0 bridgehead atoms. The first kappa shape index (κ1) is 11.9. The maximum absolute atomic E-state index is 11.6. The molecule has 0 unspecified atom stereocenters. The lowest BCUT2D eigenvalue weighted by molar-refractivity contribution is -0.154. The molecule has 0 aromatic heterocycles. The summed E-state index contributed by atoms with van der Waals surface area (Å²) in [6.45, 7) is 0. The van der Waals surface area contributed by atoms with E-state index in [0.29, 0.717) is 0 Å². The van der Waals surface area contributed by atoms with Crippen LogP contribution in [0.3, 0.4) is 0 Å². The highest BCUT2D eigenvalue weighted by Crippen LogP contribution is 2.18. The van der Waals surface area contributed by atoms with Gasteiger partial charge in [0.15, 0.2) is 5.11 Å². The molecule has 0 rings (SSSR count). The maximum atomic E-state index is 11.6. The molecule has 13 heavy (non-hydrogen) atoms. The van der Waals surface area contributed by atoms with Crippen molar-refractivity contribution in [1.82, 2.24) is 16.2 Å². The van der Waals surface area contributed by atoms with E-state index in [-0.39, 0.29) is 5.11 Å². The Morgan fingerprint density at radius 1 is 1.38 bits per heavy atom. The van der Waals surface area contributed by atoms with E-state index >= 15 is 0 Å². The van der Waals surface area contributed by atoms with Crippen molar-refractivity contribution in [2.75, 3.05) is 7.05 Å². The van der Waals surface area contributed by atoms with Gasteiger partial charge in [-0.05, 0) is 12.2 Å². The standard InChI is InChI=1S/C5H8F3N3OS/c1-9-4(13)11-10-3(12)2-5(6,7)8/h2H2,1H3,(H,10,12)(H2,9,11,13). The fourth-order valence-corrected chi connectivity index (χ4v) is 0.466.